The summed E-state index contributed by atoms with van der Waals surface area (Å²) in [5.74, 6) is -0.856. The van der Waals surface area contributed by atoms with Crippen LogP contribution in [0.1, 0.15) is 5.69 Å². The number of amides is 2. The lowest BCUT2D eigenvalue weighted by Crippen LogP contribution is -2.34. The number of benzene rings is 1. The third kappa shape index (κ3) is 3.00. The van der Waals surface area contributed by atoms with Gasteiger partial charge in [-0.25, -0.2) is 4.68 Å². The summed E-state index contributed by atoms with van der Waals surface area (Å²) in [6.07, 6.45) is 3.11. The van der Waals surface area contributed by atoms with Gasteiger partial charge in [-0.2, -0.15) is 5.10 Å². The first-order chi connectivity index (χ1) is 11.1. The zero-order chi connectivity index (χ0) is 16.4. The van der Waals surface area contributed by atoms with Crippen LogP contribution in [0.5, 0.6) is 0 Å². The van der Waals surface area contributed by atoms with E-state index in [1.54, 1.807) is 16.8 Å². The van der Waals surface area contributed by atoms with Crippen molar-refractivity contribution in [1.29, 1.82) is 0 Å². The van der Waals surface area contributed by atoms with Gasteiger partial charge in [0.1, 0.15) is 5.70 Å². The van der Waals surface area contributed by atoms with Crippen LogP contribution in [0.2, 0.25) is 0 Å². The summed E-state index contributed by atoms with van der Waals surface area (Å²) in [5, 5.41) is 16.1. The predicted octanol–water partition coefficient (Wildman–Crippen LogP) is 0.838. The molecule has 7 heteroatoms. The highest BCUT2D eigenvalue weighted by Crippen LogP contribution is 2.18. The van der Waals surface area contributed by atoms with Crippen LogP contribution in [-0.4, -0.2) is 44.8 Å². The van der Waals surface area contributed by atoms with Crippen molar-refractivity contribution in [2.75, 3.05) is 18.5 Å². The SMILES string of the molecule is Cc1ccn(-c2ccc(NC3=CC(=O)N(CCO)C3=O)cc2)n1. The molecule has 1 aliphatic heterocycles. The number of aromatic nitrogens is 2. The normalized spacial score (nSPS) is 14.3. The van der Waals surface area contributed by atoms with Gasteiger partial charge in [0.15, 0.2) is 0 Å². The summed E-state index contributed by atoms with van der Waals surface area (Å²) in [6, 6.07) is 9.25. The maximum Gasteiger partial charge on any atom is 0.277 e. The van der Waals surface area contributed by atoms with E-state index in [-0.39, 0.29) is 18.8 Å². The second kappa shape index (κ2) is 6.05. The maximum atomic E-state index is 12.1. The number of carbonyl (C=O) groups is 2. The summed E-state index contributed by atoms with van der Waals surface area (Å²) < 4.78 is 1.76. The molecule has 0 radical (unpaired) electrons. The molecule has 0 unspecified atom stereocenters. The molecule has 2 amide bonds. The van der Waals surface area contributed by atoms with E-state index in [1.807, 2.05) is 31.3 Å². The molecule has 0 fully saturated rings. The monoisotopic (exact) mass is 312 g/mol. The maximum absolute atomic E-state index is 12.1. The smallest absolute Gasteiger partial charge is 0.277 e. The predicted molar refractivity (Wildman–Crippen MR) is 83.8 cm³/mol. The number of aliphatic hydroxyl groups is 1. The van der Waals surface area contributed by atoms with Gasteiger partial charge in [0, 0.05) is 18.0 Å². The van der Waals surface area contributed by atoms with Crippen LogP contribution in [0.3, 0.4) is 0 Å². The van der Waals surface area contributed by atoms with Gasteiger partial charge in [0.2, 0.25) is 0 Å². The van der Waals surface area contributed by atoms with Crippen molar-refractivity contribution in [1.82, 2.24) is 14.7 Å². The number of imide groups is 1. The molecule has 3 rings (SSSR count). The molecule has 2 aromatic rings. The highest BCUT2D eigenvalue weighted by Gasteiger charge is 2.30. The molecule has 2 N–H and O–H groups in total. The highest BCUT2D eigenvalue weighted by molar-refractivity contribution is 6.17. The Morgan fingerprint density at radius 1 is 1.17 bits per heavy atom. The minimum atomic E-state index is -0.434. The number of β-amino-alcohol motifs (C(OH)–C–C–N with tert-alkyl or cyclic N) is 1. The Bertz CT molecular complexity index is 777. The van der Waals surface area contributed by atoms with Crippen LogP contribution in [0.4, 0.5) is 5.69 Å². The summed E-state index contributed by atoms with van der Waals surface area (Å²) >= 11 is 0. The molecular weight excluding hydrogens is 296 g/mol. The fraction of sp³-hybridized carbons (Fsp3) is 0.188. The summed E-state index contributed by atoms with van der Waals surface area (Å²) in [6.45, 7) is 1.66. The topological polar surface area (TPSA) is 87.5 Å². The van der Waals surface area contributed by atoms with Gasteiger partial charge < -0.3 is 10.4 Å². The first-order valence-corrected chi connectivity index (χ1v) is 7.16. The standard InChI is InChI=1S/C16H16N4O3/c1-11-6-7-20(18-11)13-4-2-12(3-5-13)17-14-10-15(22)19(8-9-21)16(14)23/h2-7,10,17,21H,8-9H2,1H3. The number of hydrogen-bond donors (Lipinski definition) is 2. The third-order valence-electron chi connectivity index (χ3n) is 3.47. The van der Waals surface area contributed by atoms with Crippen LogP contribution in [-0.2, 0) is 9.59 Å². The van der Waals surface area contributed by atoms with E-state index in [9.17, 15) is 9.59 Å². The van der Waals surface area contributed by atoms with E-state index in [4.69, 9.17) is 5.11 Å². The fourth-order valence-corrected chi connectivity index (χ4v) is 2.32. The van der Waals surface area contributed by atoms with Crippen molar-refractivity contribution in [3.63, 3.8) is 0 Å². The molecule has 0 aliphatic carbocycles. The van der Waals surface area contributed by atoms with Crippen LogP contribution in [0.25, 0.3) is 5.69 Å². The second-order valence-electron chi connectivity index (χ2n) is 5.15. The van der Waals surface area contributed by atoms with E-state index in [0.29, 0.717) is 5.69 Å². The molecule has 2 heterocycles. The Labute approximate surface area is 132 Å². The molecule has 23 heavy (non-hydrogen) atoms. The molecule has 118 valence electrons. The lowest BCUT2D eigenvalue weighted by atomic mass is 10.2. The number of carbonyl (C=O) groups excluding carboxylic acids is 2. The third-order valence-corrected chi connectivity index (χ3v) is 3.47. The average molecular weight is 312 g/mol. The first-order valence-electron chi connectivity index (χ1n) is 7.16. The molecule has 0 saturated heterocycles. The van der Waals surface area contributed by atoms with E-state index in [2.05, 4.69) is 10.4 Å². The van der Waals surface area contributed by atoms with Gasteiger partial charge in [-0.05, 0) is 37.3 Å². The molecule has 7 nitrogen and oxygen atoms in total. The Morgan fingerprint density at radius 3 is 2.52 bits per heavy atom. The van der Waals surface area contributed by atoms with Crippen molar-refractivity contribution in [2.45, 2.75) is 6.92 Å². The summed E-state index contributed by atoms with van der Waals surface area (Å²) in [4.78, 5) is 24.7. The van der Waals surface area contributed by atoms with Gasteiger partial charge in [0.25, 0.3) is 11.8 Å². The van der Waals surface area contributed by atoms with Gasteiger partial charge >= 0.3 is 0 Å². The number of nitrogens with one attached hydrogen (secondary N) is 1. The Morgan fingerprint density at radius 2 is 1.91 bits per heavy atom. The lowest BCUT2D eigenvalue weighted by molar-refractivity contribution is -0.137. The summed E-state index contributed by atoms with van der Waals surface area (Å²) in [5.41, 5.74) is 2.71. The van der Waals surface area contributed by atoms with Crippen LogP contribution in [0.15, 0.2) is 48.3 Å². The van der Waals surface area contributed by atoms with Gasteiger partial charge in [0.05, 0.1) is 24.5 Å². The van der Waals surface area contributed by atoms with Crippen LogP contribution < -0.4 is 5.32 Å². The van der Waals surface area contributed by atoms with Gasteiger partial charge in [-0.1, -0.05) is 0 Å². The zero-order valence-electron chi connectivity index (χ0n) is 12.6. The number of aliphatic hydroxyl groups excluding tert-OH is 1. The molecular formula is C16H16N4O3. The highest BCUT2D eigenvalue weighted by atomic mass is 16.3. The van der Waals surface area contributed by atoms with Crippen molar-refractivity contribution in [3.05, 3.63) is 54.0 Å². The molecule has 1 aromatic carbocycles. The van der Waals surface area contributed by atoms with E-state index in [1.165, 1.54) is 6.08 Å². The average Bonchev–Trinajstić information content (AvgIpc) is 3.08. The van der Waals surface area contributed by atoms with E-state index in [0.717, 1.165) is 16.3 Å². The van der Waals surface area contributed by atoms with Gasteiger partial charge in [-0.15, -0.1) is 0 Å². The number of hydrogen-bond acceptors (Lipinski definition) is 5. The number of rotatable bonds is 5. The molecule has 1 aromatic heterocycles. The molecule has 0 atom stereocenters. The second-order valence-corrected chi connectivity index (χ2v) is 5.15. The van der Waals surface area contributed by atoms with Crippen molar-refractivity contribution >= 4 is 17.5 Å². The minimum Gasteiger partial charge on any atom is -0.395 e. The van der Waals surface area contributed by atoms with Gasteiger partial charge in [-0.3, -0.25) is 14.5 Å². The van der Waals surface area contributed by atoms with Crippen molar-refractivity contribution in [2.24, 2.45) is 0 Å². The fourth-order valence-electron chi connectivity index (χ4n) is 2.32. The summed E-state index contributed by atoms with van der Waals surface area (Å²) in [7, 11) is 0. The van der Waals surface area contributed by atoms with E-state index < -0.39 is 11.8 Å². The van der Waals surface area contributed by atoms with Crippen LogP contribution >= 0.6 is 0 Å². The molecule has 0 bridgehead atoms. The Kier molecular flexibility index (Phi) is 3.94. The molecule has 1 aliphatic rings. The number of nitrogens with zero attached hydrogens (tertiary/aromatic N) is 3. The first kappa shape index (κ1) is 15.0. The number of aryl methyl sites for hydroxylation is 1. The quantitative estimate of drug-likeness (QED) is 0.799. The largest absolute Gasteiger partial charge is 0.395 e. The lowest BCUT2D eigenvalue weighted by Gasteiger charge is -2.13. The Balaban J connectivity index is 1.73. The van der Waals surface area contributed by atoms with E-state index >= 15 is 0 Å². The zero-order valence-corrected chi connectivity index (χ0v) is 12.6. The van der Waals surface area contributed by atoms with Crippen molar-refractivity contribution < 1.29 is 14.7 Å². The molecule has 0 saturated carbocycles. The Hall–Kier alpha value is -2.93. The minimum absolute atomic E-state index is 0.00304. The van der Waals surface area contributed by atoms with Crippen LogP contribution in [0, 0.1) is 6.92 Å². The van der Waals surface area contributed by atoms with Crippen molar-refractivity contribution in [3.8, 4) is 5.69 Å². The number of anilines is 1. The molecule has 0 spiro atoms.